The van der Waals surface area contributed by atoms with E-state index < -0.39 is 15.9 Å². The number of nitrogens with zero attached hydrogens (tertiary/aromatic N) is 1. The molecule has 3 N–H and O–H groups in total. The number of primary amides is 1. The van der Waals surface area contributed by atoms with Crippen LogP contribution < -0.4 is 15.8 Å². The molecule has 0 spiro atoms. The van der Waals surface area contributed by atoms with E-state index in [9.17, 15) is 13.2 Å². The zero-order chi connectivity index (χ0) is 25.8. The van der Waals surface area contributed by atoms with Gasteiger partial charge in [0.25, 0.3) is 10.0 Å². The molecule has 7 rings (SSSR count). The summed E-state index contributed by atoms with van der Waals surface area (Å²) in [5, 5.41) is 3.80. The minimum Gasteiger partial charge on any atom is -0.496 e. The second kappa shape index (κ2) is 9.67. The number of methoxy groups -OCH3 is 1. The third-order valence-electron chi connectivity index (χ3n) is 9.28. The minimum atomic E-state index is -3.56. The molecule has 1 unspecified atom stereocenters. The van der Waals surface area contributed by atoms with Crippen molar-refractivity contribution in [3.05, 3.63) is 46.3 Å². The van der Waals surface area contributed by atoms with Gasteiger partial charge >= 0.3 is 0 Å². The van der Waals surface area contributed by atoms with Crippen molar-refractivity contribution >= 4 is 27.3 Å². The van der Waals surface area contributed by atoms with Crippen LogP contribution in [0.5, 0.6) is 5.75 Å². The van der Waals surface area contributed by atoms with Crippen LogP contribution in [-0.2, 0) is 16.4 Å². The summed E-state index contributed by atoms with van der Waals surface area (Å²) in [5.41, 5.74) is 7.09. The maximum Gasteiger partial charge on any atom is 0.252 e. The van der Waals surface area contributed by atoms with Crippen molar-refractivity contribution in [3.8, 4) is 5.75 Å². The molecule has 9 heteroatoms. The highest BCUT2D eigenvalue weighted by molar-refractivity contribution is 7.91. The van der Waals surface area contributed by atoms with Crippen LogP contribution in [-0.4, -0.2) is 51.4 Å². The Bertz CT molecular complexity index is 1250. The quantitative estimate of drug-likeness (QED) is 0.498. The summed E-state index contributed by atoms with van der Waals surface area (Å²) in [7, 11) is -2.01. The standard InChI is InChI=1S/C28H37N3O4S2/c1-35-25-4-2-3-23(27(29)32)24(25)12-22-5-6-26(36-22)37(33,34)31-8-7-21(16-31)30-17-28-13-18-9-19(14-28)11-20(10-18)15-28/h2-6,18-21,30H,7-17H2,1H3,(H2,29,32). The Morgan fingerprint density at radius 2 is 1.84 bits per heavy atom. The number of rotatable bonds is 9. The molecule has 1 aromatic carbocycles. The van der Waals surface area contributed by atoms with Crippen LogP contribution >= 0.6 is 11.3 Å². The molecule has 37 heavy (non-hydrogen) atoms. The predicted octanol–water partition coefficient (Wildman–Crippen LogP) is 4.02. The van der Waals surface area contributed by atoms with Crippen molar-refractivity contribution in [2.45, 2.75) is 61.6 Å². The van der Waals surface area contributed by atoms with Gasteiger partial charge in [0.05, 0.1) is 7.11 Å². The van der Waals surface area contributed by atoms with E-state index in [2.05, 4.69) is 5.32 Å². The number of carbonyl (C=O) groups is 1. The van der Waals surface area contributed by atoms with Gasteiger partial charge in [0.1, 0.15) is 9.96 Å². The summed E-state index contributed by atoms with van der Waals surface area (Å²) >= 11 is 1.26. The highest BCUT2D eigenvalue weighted by Gasteiger charge is 2.50. The SMILES string of the molecule is COc1cccc(C(N)=O)c1Cc1ccc(S(=O)(=O)N2CCC(NCC34CC5CC(CC(C5)C3)C4)C2)s1. The van der Waals surface area contributed by atoms with Crippen LogP contribution in [0, 0.1) is 23.2 Å². The molecule has 1 atom stereocenters. The summed E-state index contributed by atoms with van der Waals surface area (Å²) in [4.78, 5) is 12.8. The van der Waals surface area contributed by atoms with Gasteiger partial charge in [0, 0.05) is 48.1 Å². The average molecular weight is 544 g/mol. The van der Waals surface area contributed by atoms with E-state index in [4.69, 9.17) is 10.5 Å². The molecule has 1 aromatic heterocycles. The van der Waals surface area contributed by atoms with E-state index >= 15 is 0 Å². The van der Waals surface area contributed by atoms with Gasteiger partial charge in [-0.05, 0) is 92.4 Å². The lowest BCUT2D eigenvalue weighted by Crippen LogP contribution is -2.52. The lowest BCUT2D eigenvalue weighted by atomic mass is 9.49. The van der Waals surface area contributed by atoms with E-state index in [0.29, 0.717) is 46.0 Å². The average Bonchev–Trinajstić information content (AvgIpc) is 3.53. The van der Waals surface area contributed by atoms with Gasteiger partial charge in [-0.25, -0.2) is 8.42 Å². The number of hydrogen-bond acceptors (Lipinski definition) is 6. The van der Waals surface area contributed by atoms with Crippen LogP contribution in [0.25, 0.3) is 0 Å². The van der Waals surface area contributed by atoms with E-state index in [1.54, 1.807) is 35.7 Å². The summed E-state index contributed by atoms with van der Waals surface area (Å²) in [6.07, 6.45) is 9.66. The predicted molar refractivity (Wildman–Crippen MR) is 144 cm³/mol. The zero-order valence-corrected chi connectivity index (χ0v) is 23.1. The first kappa shape index (κ1) is 25.3. The molecule has 4 saturated carbocycles. The first-order chi connectivity index (χ1) is 17.7. The van der Waals surface area contributed by atoms with Gasteiger partial charge in [0.15, 0.2) is 0 Å². The molecule has 2 aromatic rings. The number of nitrogens with one attached hydrogen (secondary N) is 1. The van der Waals surface area contributed by atoms with Crippen LogP contribution in [0.1, 0.15) is 65.7 Å². The zero-order valence-electron chi connectivity index (χ0n) is 21.4. The first-order valence-corrected chi connectivity index (χ1v) is 15.8. The number of carbonyl (C=O) groups excluding carboxylic acids is 1. The van der Waals surface area contributed by atoms with Crippen molar-refractivity contribution in [1.29, 1.82) is 0 Å². The van der Waals surface area contributed by atoms with Crippen molar-refractivity contribution in [2.75, 3.05) is 26.7 Å². The first-order valence-electron chi connectivity index (χ1n) is 13.5. The Hall–Kier alpha value is -1.94. The highest BCUT2D eigenvalue weighted by atomic mass is 32.2. The molecular weight excluding hydrogens is 506 g/mol. The third kappa shape index (κ3) is 4.84. The number of amides is 1. The Morgan fingerprint density at radius 3 is 2.49 bits per heavy atom. The van der Waals surface area contributed by atoms with Gasteiger partial charge in [0.2, 0.25) is 5.91 Å². The van der Waals surface area contributed by atoms with E-state index in [-0.39, 0.29) is 6.04 Å². The Labute approximate surface area is 223 Å². The van der Waals surface area contributed by atoms with Crippen molar-refractivity contribution in [3.63, 3.8) is 0 Å². The maximum atomic E-state index is 13.5. The number of hydrogen-bond donors (Lipinski definition) is 2. The molecule has 2 heterocycles. The van der Waals surface area contributed by atoms with Crippen LogP contribution in [0.15, 0.2) is 34.5 Å². The lowest BCUT2D eigenvalue weighted by molar-refractivity contribution is -0.0522. The molecule has 200 valence electrons. The molecule has 4 bridgehead atoms. The topological polar surface area (TPSA) is 102 Å². The van der Waals surface area contributed by atoms with Gasteiger partial charge in [-0.1, -0.05) is 6.07 Å². The smallest absolute Gasteiger partial charge is 0.252 e. The maximum absolute atomic E-state index is 13.5. The van der Waals surface area contributed by atoms with Crippen molar-refractivity contribution < 1.29 is 17.9 Å². The second-order valence-corrected chi connectivity index (χ2v) is 15.2. The molecule has 5 aliphatic rings. The van der Waals surface area contributed by atoms with Crippen LogP contribution in [0.3, 0.4) is 0 Å². The summed E-state index contributed by atoms with van der Waals surface area (Å²) in [6, 6.07) is 8.92. The van der Waals surface area contributed by atoms with E-state index in [1.807, 2.05) is 6.07 Å². The fourth-order valence-electron chi connectivity index (χ4n) is 8.04. The van der Waals surface area contributed by atoms with Gasteiger partial charge in [-0.2, -0.15) is 4.31 Å². The summed E-state index contributed by atoms with van der Waals surface area (Å²) < 4.78 is 34.4. The molecule has 1 amide bonds. The molecule has 0 radical (unpaired) electrons. The highest BCUT2D eigenvalue weighted by Crippen LogP contribution is 2.59. The van der Waals surface area contributed by atoms with Gasteiger partial charge < -0.3 is 15.8 Å². The Kier molecular flexibility index (Phi) is 6.62. The monoisotopic (exact) mass is 543 g/mol. The second-order valence-electron chi connectivity index (χ2n) is 11.9. The van der Waals surface area contributed by atoms with E-state index in [0.717, 1.165) is 35.6 Å². The largest absolute Gasteiger partial charge is 0.496 e. The molecule has 7 nitrogen and oxygen atoms in total. The van der Waals surface area contributed by atoms with Gasteiger partial charge in [-0.15, -0.1) is 11.3 Å². The number of nitrogens with two attached hydrogens (primary N) is 1. The fraction of sp³-hybridized carbons (Fsp3) is 0.607. The Balaban J connectivity index is 1.10. The lowest BCUT2D eigenvalue weighted by Gasteiger charge is -2.57. The minimum absolute atomic E-state index is 0.217. The number of benzene rings is 1. The molecule has 1 saturated heterocycles. The molecule has 1 aliphatic heterocycles. The fourth-order valence-corrected chi connectivity index (χ4v) is 11.1. The Morgan fingerprint density at radius 1 is 1.14 bits per heavy atom. The van der Waals surface area contributed by atoms with Gasteiger partial charge in [-0.3, -0.25) is 4.79 Å². The molecule has 5 fully saturated rings. The number of ether oxygens (including phenoxy) is 1. The molecule has 4 aliphatic carbocycles. The normalized spacial score (nSPS) is 31.2. The van der Waals surface area contributed by atoms with Crippen molar-refractivity contribution in [1.82, 2.24) is 9.62 Å². The third-order valence-corrected chi connectivity index (χ3v) is 12.7. The number of sulfonamides is 1. The van der Waals surface area contributed by atoms with Crippen LogP contribution in [0.4, 0.5) is 0 Å². The molecular formula is C28H37N3O4S2. The number of thiophene rings is 1. The summed E-state index contributed by atoms with van der Waals surface area (Å²) in [6.45, 7) is 2.12. The van der Waals surface area contributed by atoms with E-state index in [1.165, 1.54) is 49.9 Å². The van der Waals surface area contributed by atoms with Crippen LogP contribution in [0.2, 0.25) is 0 Å². The van der Waals surface area contributed by atoms with Crippen molar-refractivity contribution in [2.24, 2.45) is 28.9 Å². The summed E-state index contributed by atoms with van der Waals surface area (Å²) in [5.74, 6) is 2.83.